The summed E-state index contributed by atoms with van der Waals surface area (Å²) in [6, 6.07) is 3.96. The summed E-state index contributed by atoms with van der Waals surface area (Å²) in [6.07, 6.45) is 1.63. The Bertz CT molecular complexity index is 617. The third kappa shape index (κ3) is 2.45. The highest BCUT2D eigenvalue weighted by atomic mass is 16.5. The summed E-state index contributed by atoms with van der Waals surface area (Å²) in [6.45, 7) is 3.95. The Morgan fingerprint density at radius 1 is 1.21 bits per heavy atom. The van der Waals surface area contributed by atoms with Gasteiger partial charge in [-0.2, -0.15) is 0 Å². The Labute approximate surface area is 111 Å². The number of nitrogens with one attached hydrogen (secondary N) is 1. The predicted octanol–water partition coefficient (Wildman–Crippen LogP) is 2.49. The van der Waals surface area contributed by atoms with E-state index >= 15 is 0 Å². The van der Waals surface area contributed by atoms with E-state index in [0.717, 1.165) is 28.1 Å². The van der Waals surface area contributed by atoms with Gasteiger partial charge in [0.05, 0.1) is 26.1 Å². The molecule has 2 aromatic rings. The number of benzene rings is 1. The van der Waals surface area contributed by atoms with Crippen LogP contribution in [0.1, 0.15) is 21.7 Å². The first-order chi connectivity index (χ1) is 9.06. The fourth-order valence-corrected chi connectivity index (χ4v) is 1.96. The molecule has 1 N–H and O–H groups in total. The zero-order chi connectivity index (χ0) is 14.0. The molecule has 0 unspecified atom stereocenters. The average molecular weight is 260 g/mol. The quantitative estimate of drug-likeness (QED) is 0.861. The van der Waals surface area contributed by atoms with Gasteiger partial charge in [0.15, 0.2) is 0 Å². The van der Waals surface area contributed by atoms with E-state index in [0.29, 0.717) is 0 Å². The molecule has 0 radical (unpaired) electrons. The number of esters is 1. The maximum Gasteiger partial charge on any atom is 0.374 e. The number of hydrogen-bond donors (Lipinski definition) is 1. The van der Waals surface area contributed by atoms with Crippen LogP contribution in [0.5, 0.6) is 5.75 Å². The molecule has 0 spiro atoms. The maximum absolute atomic E-state index is 11.4. The number of aryl methyl sites for hydroxylation is 2. The van der Waals surface area contributed by atoms with Crippen molar-refractivity contribution < 1.29 is 14.3 Å². The topological polar surface area (TPSA) is 64.2 Å². The highest BCUT2D eigenvalue weighted by Crippen LogP contribution is 2.29. The van der Waals surface area contributed by atoms with Gasteiger partial charge in [-0.05, 0) is 37.1 Å². The van der Waals surface area contributed by atoms with E-state index in [1.165, 1.54) is 7.11 Å². The molecule has 0 bridgehead atoms. The molecule has 0 aliphatic carbocycles. The van der Waals surface area contributed by atoms with Crippen molar-refractivity contribution >= 4 is 5.97 Å². The minimum atomic E-state index is -0.478. The molecular weight excluding hydrogens is 244 g/mol. The van der Waals surface area contributed by atoms with E-state index in [-0.39, 0.29) is 5.82 Å². The SMILES string of the molecule is COC(=O)c1ncc(-c2cc(C)c(OC)cc2C)[nH]1. The Morgan fingerprint density at radius 3 is 2.58 bits per heavy atom. The van der Waals surface area contributed by atoms with Gasteiger partial charge in [0, 0.05) is 5.56 Å². The van der Waals surface area contributed by atoms with Gasteiger partial charge >= 0.3 is 5.97 Å². The van der Waals surface area contributed by atoms with E-state index < -0.39 is 5.97 Å². The summed E-state index contributed by atoms with van der Waals surface area (Å²) in [7, 11) is 2.97. The van der Waals surface area contributed by atoms with E-state index in [2.05, 4.69) is 14.7 Å². The zero-order valence-electron chi connectivity index (χ0n) is 11.4. The Kier molecular flexibility index (Phi) is 3.55. The van der Waals surface area contributed by atoms with Gasteiger partial charge < -0.3 is 14.5 Å². The van der Waals surface area contributed by atoms with Gasteiger partial charge in [-0.15, -0.1) is 0 Å². The fraction of sp³-hybridized carbons (Fsp3) is 0.286. The molecule has 0 atom stereocenters. The molecule has 0 fully saturated rings. The Hall–Kier alpha value is -2.30. The minimum absolute atomic E-state index is 0.199. The summed E-state index contributed by atoms with van der Waals surface area (Å²) in [5.41, 5.74) is 3.84. The van der Waals surface area contributed by atoms with Gasteiger partial charge in [-0.25, -0.2) is 9.78 Å². The number of carbonyl (C=O) groups is 1. The normalized spacial score (nSPS) is 10.3. The number of hydrogen-bond acceptors (Lipinski definition) is 4. The molecule has 0 aliphatic rings. The molecule has 0 saturated heterocycles. The standard InChI is InChI=1S/C14H16N2O3/c1-8-6-12(18-3)9(2)5-10(8)11-7-15-13(16-11)14(17)19-4/h5-7H,1-4H3,(H,15,16). The maximum atomic E-state index is 11.4. The van der Waals surface area contributed by atoms with E-state index in [4.69, 9.17) is 4.74 Å². The molecule has 5 nitrogen and oxygen atoms in total. The molecule has 1 aromatic carbocycles. The van der Waals surface area contributed by atoms with Gasteiger partial charge in [0.25, 0.3) is 0 Å². The van der Waals surface area contributed by atoms with Crippen molar-refractivity contribution in [1.82, 2.24) is 9.97 Å². The molecule has 0 saturated carbocycles. The molecule has 19 heavy (non-hydrogen) atoms. The van der Waals surface area contributed by atoms with Crippen LogP contribution in [0.4, 0.5) is 0 Å². The number of aromatic nitrogens is 2. The van der Waals surface area contributed by atoms with E-state index in [1.54, 1.807) is 13.3 Å². The summed E-state index contributed by atoms with van der Waals surface area (Å²) < 4.78 is 9.90. The van der Waals surface area contributed by atoms with Crippen molar-refractivity contribution in [3.8, 4) is 17.0 Å². The second-order valence-electron chi connectivity index (χ2n) is 4.27. The summed E-state index contributed by atoms with van der Waals surface area (Å²) >= 11 is 0. The molecule has 100 valence electrons. The minimum Gasteiger partial charge on any atom is -0.496 e. The Morgan fingerprint density at radius 2 is 1.95 bits per heavy atom. The first kappa shape index (κ1) is 13.1. The van der Waals surface area contributed by atoms with Crippen LogP contribution < -0.4 is 4.74 Å². The first-order valence-corrected chi connectivity index (χ1v) is 5.85. The lowest BCUT2D eigenvalue weighted by Gasteiger charge is -2.09. The summed E-state index contributed by atoms with van der Waals surface area (Å²) in [5.74, 6) is 0.563. The summed E-state index contributed by atoms with van der Waals surface area (Å²) in [4.78, 5) is 18.3. The lowest BCUT2D eigenvalue weighted by Crippen LogP contribution is -2.03. The molecule has 1 heterocycles. The molecule has 0 aliphatic heterocycles. The van der Waals surface area contributed by atoms with Crippen molar-refractivity contribution in [3.05, 3.63) is 35.3 Å². The number of rotatable bonds is 3. The number of nitrogens with zero attached hydrogens (tertiary/aromatic N) is 1. The molecule has 2 rings (SSSR count). The second-order valence-corrected chi connectivity index (χ2v) is 4.27. The second kappa shape index (κ2) is 5.14. The molecule has 5 heteroatoms. The highest BCUT2D eigenvalue weighted by Gasteiger charge is 2.13. The zero-order valence-corrected chi connectivity index (χ0v) is 11.4. The molecule has 0 amide bonds. The number of imidazole rings is 1. The predicted molar refractivity (Wildman–Crippen MR) is 71.4 cm³/mol. The summed E-state index contributed by atoms with van der Waals surface area (Å²) in [5, 5.41) is 0. The van der Waals surface area contributed by atoms with Crippen LogP contribution in [0.15, 0.2) is 18.3 Å². The monoisotopic (exact) mass is 260 g/mol. The smallest absolute Gasteiger partial charge is 0.374 e. The van der Waals surface area contributed by atoms with Crippen molar-refractivity contribution in [3.63, 3.8) is 0 Å². The van der Waals surface area contributed by atoms with E-state index in [1.807, 2.05) is 26.0 Å². The number of ether oxygens (including phenoxy) is 2. The van der Waals surface area contributed by atoms with Gasteiger partial charge in [0.2, 0.25) is 5.82 Å². The lowest BCUT2D eigenvalue weighted by molar-refractivity contribution is 0.0588. The number of carbonyl (C=O) groups excluding carboxylic acids is 1. The largest absolute Gasteiger partial charge is 0.496 e. The van der Waals surface area contributed by atoms with Crippen LogP contribution in [0.25, 0.3) is 11.3 Å². The third-order valence-electron chi connectivity index (χ3n) is 2.99. The lowest BCUT2D eigenvalue weighted by atomic mass is 10.0. The fourth-order valence-electron chi connectivity index (χ4n) is 1.96. The number of aromatic amines is 1. The highest BCUT2D eigenvalue weighted by molar-refractivity contribution is 5.86. The van der Waals surface area contributed by atoms with E-state index in [9.17, 15) is 4.79 Å². The number of methoxy groups -OCH3 is 2. The van der Waals surface area contributed by atoms with Crippen LogP contribution in [0, 0.1) is 13.8 Å². The van der Waals surface area contributed by atoms with Crippen molar-refractivity contribution in [2.45, 2.75) is 13.8 Å². The van der Waals surface area contributed by atoms with Crippen LogP contribution in [0.2, 0.25) is 0 Å². The van der Waals surface area contributed by atoms with Gasteiger partial charge in [-0.1, -0.05) is 0 Å². The number of H-pyrrole nitrogens is 1. The van der Waals surface area contributed by atoms with Crippen molar-refractivity contribution in [2.24, 2.45) is 0 Å². The van der Waals surface area contributed by atoms with Crippen LogP contribution in [-0.4, -0.2) is 30.2 Å². The van der Waals surface area contributed by atoms with Gasteiger partial charge in [-0.3, -0.25) is 0 Å². The Balaban J connectivity index is 2.44. The molecule has 1 aromatic heterocycles. The molecular formula is C14H16N2O3. The van der Waals surface area contributed by atoms with Crippen molar-refractivity contribution in [1.29, 1.82) is 0 Å². The average Bonchev–Trinajstić information content (AvgIpc) is 2.89. The van der Waals surface area contributed by atoms with Crippen LogP contribution in [0.3, 0.4) is 0 Å². The third-order valence-corrected chi connectivity index (χ3v) is 2.99. The van der Waals surface area contributed by atoms with Gasteiger partial charge in [0.1, 0.15) is 5.75 Å². The van der Waals surface area contributed by atoms with Crippen LogP contribution >= 0.6 is 0 Å². The van der Waals surface area contributed by atoms with Crippen molar-refractivity contribution in [2.75, 3.05) is 14.2 Å². The first-order valence-electron chi connectivity index (χ1n) is 5.85. The van der Waals surface area contributed by atoms with Crippen LogP contribution in [-0.2, 0) is 4.74 Å².